The van der Waals surface area contributed by atoms with E-state index in [9.17, 15) is 4.79 Å². The van der Waals surface area contributed by atoms with Crippen LogP contribution in [0.3, 0.4) is 0 Å². The van der Waals surface area contributed by atoms with Crippen molar-refractivity contribution in [2.75, 3.05) is 7.11 Å². The molecule has 0 fully saturated rings. The van der Waals surface area contributed by atoms with Gasteiger partial charge in [-0.25, -0.2) is 0 Å². The van der Waals surface area contributed by atoms with Gasteiger partial charge in [-0.1, -0.05) is 35.9 Å². The molecule has 2 aromatic carbocycles. The molecule has 29 heavy (non-hydrogen) atoms. The number of methoxy groups -OCH3 is 1. The topological polar surface area (TPSA) is 77.2 Å². The van der Waals surface area contributed by atoms with Gasteiger partial charge in [0.05, 0.1) is 13.2 Å². The zero-order chi connectivity index (χ0) is 20.6. The van der Waals surface area contributed by atoms with E-state index in [-0.39, 0.29) is 18.4 Å². The fraction of sp³-hybridized carbons (Fsp3) is 0.318. The summed E-state index contributed by atoms with van der Waals surface area (Å²) in [5.41, 5.74) is 2.17. The minimum Gasteiger partial charge on any atom is -0.497 e. The zero-order valence-corrected chi connectivity index (χ0v) is 17.3. The molecule has 0 spiro atoms. The second-order valence-corrected chi connectivity index (χ2v) is 7.21. The number of carbonyl (C=O) groups excluding carboxylic acids is 1. The summed E-state index contributed by atoms with van der Waals surface area (Å²) < 4.78 is 10.8. The quantitative estimate of drug-likeness (QED) is 0.565. The summed E-state index contributed by atoms with van der Waals surface area (Å²) in [6.07, 6.45) is 2.15. The average molecular weight is 414 g/mol. The molecule has 7 heteroatoms. The summed E-state index contributed by atoms with van der Waals surface area (Å²) in [7, 11) is 1.65. The van der Waals surface area contributed by atoms with Gasteiger partial charge in [-0.15, -0.1) is 10.2 Å². The molecular formula is C22H24ClN3O3. The van der Waals surface area contributed by atoms with Crippen molar-refractivity contribution < 1.29 is 13.9 Å². The Morgan fingerprint density at radius 1 is 1.03 bits per heavy atom. The zero-order valence-electron chi connectivity index (χ0n) is 16.5. The Labute approximate surface area is 175 Å². The number of aromatic nitrogens is 2. The van der Waals surface area contributed by atoms with E-state index in [0.29, 0.717) is 29.6 Å². The number of rotatable bonds is 9. The number of aryl methyl sites for hydroxylation is 3. The molecule has 1 unspecified atom stereocenters. The lowest BCUT2D eigenvalue weighted by atomic mass is 10.1. The van der Waals surface area contributed by atoms with E-state index in [1.165, 1.54) is 5.56 Å². The standard InChI is InChI=1S/C22H24ClN3O3/c1-15(17-6-8-18(23)9-7-17)24-20(27)12-14-22-26-25-21(29-22)13-5-16-3-10-19(28-2)11-4-16/h3-4,6-11,15H,5,12-14H2,1-2H3,(H,24,27). The van der Waals surface area contributed by atoms with Crippen molar-refractivity contribution in [3.63, 3.8) is 0 Å². The molecule has 0 saturated heterocycles. The number of nitrogens with one attached hydrogen (secondary N) is 1. The summed E-state index contributed by atoms with van der Waals surface area (Å²) in [5.74, 6) is 1.82. The van der Waals surface area contributed by atoms with Gasteiger partial charge in [0, 0.05) is 24.3 Å². The van der Waals surface area contributed by atoms with E-state index in [0.717, 1.165) is 17.7 Å². The van der Waals surface area contributed by atoms with Crippen molar-refractivity contribution in [1.29, 1.82) is 0 Å². The lowest BCUT2D eigenvalue weighted by Crippen LogP contribution is -2.26. The first-order chi connectivity index (χ1) is 14.0. The number of hydrogen-bond donors (Lipinski definition) is 1. The lowest BCUT2D eigenvalue weighted by Gasteiger charge is -2.14. The third-order valence-corrected chi connectivity index (χ3v) is 4.86. The van der Waals surface area contributed by atoms with Crippen molar-refractivity contribution in [1.82, 2.24) is 15.5 Å². The van der Waals surface area contributed by atoms with Crippen molar-refractivity contribution >= 4 is 17.5 Å². The molecule has 0 aliphatic carbocycles. The van der Waals surface area contributed by atoms with Gasteiger partial charge in [0.25, 0.3) is 0 Å². The summed E-state index contributed by atoms with van der Waals surface area (Å²) in [6, 6.07) is 15.2. The van der Waals surface area contributed by atoms with Gasteiger partial charge in [0.15, 0.2) is 0 Å². The fourth-order valence-corrected chi connectivity index (χ4v) is 3.03. The Bertz CT molecular complexity index is 923. The predicted molar refractivity (Wildman–Crippen MR) is 111 cm³/mol. The maximum absolute atomic E-state index is 12.2. The third kappa shape index (κ3) is 6.32. The molecule has 0 saturated carbocycles. The maximum atomic E-state index is 12.2. The second-order valence-electron chi connectivity index (χ2n) is 6.78. The van der Waals surface area contributed by atoms with E-state index in [1.54, 1.807) is 7.11 Å². The molecule has 1 amide bonds. The van der Waals surface area contributed by atoms with E-state index in [1.807, 2.05) is 55.5 Å². The number of amides is 1. The van der Waals surface area contributed by atoms with E-state index in [2.05, 4.69) is 15.5 Å². The molecule has 1 atom stereocenters. The molecule has 6 nitrogen and oxygen atoms in total. The van der Waals surface area contributed by atoms with Crippen LogP contribution in [0.25, 0.3) is 0 Å². The van der Waals surface area contributed by atoms with Crippen molar-refractivity contribution in [2.24, 2.45) is 0 Å². The van der Waals surface area contributed by atoms with Crippen LogP contribution in [0, 0.1) is 0 Å². The summed E-state index contributed by atoms with van der Waals surface area (Å²) in [6.45, 7) is 1.94. The number of carbonyl (C=O) groups is 1. The minimum atomic E-state index is -0.0949. The Kier molecular flexibility index (Phi) is 7.25. The monoisotopic (exact) mass is 413 g/mol. The number of hydrogen-bond acceptors (Lipinski definition) is 5. The molecule has 0 radical (unpaired) electrons. The highest BCUT2D eigenvalue weighted by Crippen LogP contribution is 2.17. The van der Waals surface area contributed by atoms with E-state index in [4.69, 9.17) is 20.8 Å². The van der Waals surface area contributed by atoms with Gasteiger partial charge >= 0.3 is 0 Å². The Hall–Kier alpha value is -2.86. The van der Waals surface area contributed by atoms with Gasteiger partial charge in [0.1, 0.15) is 5.75 Å². The summed E-state index contributed by atoms with van der Waals surface area (Å²) in [5, 5.41) is 11.8. The summed E-state index contributed by atoms with van der Waals surface area (Å²) in [4.78, 5) is 12.2. The second kappa shape index (κ2) is 10.1. The molecule has 152 valence electrons. The van der Waals surface area contributed by atoms with Crippen LogP contribution in [-0.2, 0) is 24.1 Å². The molecule has 0 aliphatic rings. The van der Waals surface area contributed by atoms with Gasteiger partial charge in [0.2, 0.25) is 17.7 Å². The Morgan fingerprint density at radius 2 is 1.69 bits per heavy atom. The van der Waals surface area contributed by atoms with Crippen LogP contribution in [0.4, 0.5) is 0 Å². The minimum absolute atomic E-state index is 0.0644. The lowest BCUT2D eigenvalue weighted by molar-refractivity contribution is -0.121. The van der Waals surface area contributed by atoms with Crippen LogP contribution in [0.5, 0.6) is 5.75 Å². The molecule has 0 bridgehead atoms. The highest BCUT2D eigenvalue weighted by Gasteiger charge is 2.12. The molecule has 3 rings (SSSR count). The molecule has 1 N–H and O–H groups in total. The Morgan fingerprint density at radius 3 is 2.34 bits per heavy atom. The van der Waals surface area contributed by atoms with E-state index < -0.39 is 0 Å². The maximum Gasteiger partial charge on any atom is 0.220 e. The number of benzene rings is 2. The van der Waals surface area contributed by atoms with Crippen molar-refractivity contribution in [3.8, 4) is 5.75 Å². The van der Waals surface area contributed by atoms with Crippen LogP contribution in [-0.4, -0.2) is 23.2 Å². The number of nitrogens with zero attached hydrogens (tertiary/aromatic N) is 2. The van der Waals surface area contributed by atoms with E-state index >= 15 is 0 Å². The van der Waals surface area contributed by atoms with Gasteiger partial charge in [-0.05, 0) is 48.7 Å². The summed E-state index contributed by atoms with van der Waals surface area (Å²) >= 11 is 5.90. The van der Waals surface area contributed by atoms with Gasteiger partial charge in [-0.2, -0.15) is 0 Å². The first kappa shape index (κ1) is 20.9. The molecular weight excluding hydrogens is 390 g/mol. The molecule has 0 aliphatic heterocycles. The van der Waals surface area contributed by atoms with Crippen LogP contribution in [0.15, 0.2) is 52.9 Å². The molecule has 1 heterocycles. The average Bonchev–Trinajstić information content (AvgIpc) is 3.19. The van der Waals surface area contributed by atoms with Crippen molar-refractivity contribution in [3.05, 3.63) is 76.5 Å². The highest BCUT2D eigenvalue weighted by molar-refractivity contribution is 6.30. The number of halogens is 1. The Balaban J connectivity index is 1.43. The first-order valence-electron chi connectivity index (χ1n) is 9.52. The molecule has 1 aromatic heterocycles. The molecule has 3 aromatic rings. The van der Waals surface area contributed by atoms with Crippen molar-refractivity contribution in [2.45, 2.75) is 38.6 Å². The van der Waals surface area contributed by atoms with Gasteiger partial charge < -0.3 is 14.5 Å². The largest absolute Gasteiger partial charge is 0.497 e. The third-order valence-electron chi connectivity index (χ3n) is 4.61. The normalized spacial score (nSPS) is 11.8. The SMILES string of the molecule is COc1ccc(CCc2nnc(CCC(=O)NC(C)c3ccc(Cl)cc3)o2)cc1. The van der Waals surface area contributed by atoms with Gasteiger partial charge in [-0.3, -0.25) is 4.79 Å². The van der Waals surface area contributed by atoms with Crippen LogP contribution < -0.4 is 10.1 Å². The smallest absolute Gasteiger partial charge is 0.220 e. The number of ether oxygens (including phenoxy) is 1. The van der Waals surface area contributed by atoms with Crippen LogP contribution in [0.1, 0.15) is 42.3 Å². The fourth-order valence-electron chi connectivity index (χ4n) is 2.90. The first-order valence-corrected chi connectivity index (χ1v) is 9.90. The van der Waals surface area contributed by atoms with Crippen LogP contribution >= 0.6 is 11.6 Å². The predicted octanol–water partition coefficient (Wildman–Crippen LogP) is 4.33. The highest BCUT2D eigenvalue weighted by atomic mass is 35.5. The van der Waals surface area contributed by atoms with Crippen LogP contribution in [0.2, 0.25) is 5.02 Å².